The van der Waals surface area contributed by atoms with Crippen LogP contribution in [0.3, 0.4) is 0 Å². The Morgan fingerprint density at radius 3 is 2.66 bits per heavy atom. The smallest absolute Gasteiger partial charge is 0.326 e. The summed E-state index contributed by atoms with van der Waals surface area (Å²) in [4.78, 5) is 37.6. The first-order valence-corrected chi connectivity index (χ1v) is 11.1. The summed E-state index contributed by atoms with van der Waals surface area (Å²) in [5.41, 5.74) is 1.23. The van der Waals surface area contributed by atoms with E-state index in [-0.39, 0.29) is 18.1 Å². The van der Waals surface area contributed by atoms with Crippen LogP contribution < -0.4 is 9.47 Å². The number of benzene rings is 2. The first-order chi connectivity index (χ1) is 15.3. The van der Waals surface area contributed by atoms with Gasteiger partial charge in [-0.1, -0.05) is 41.4 Å². The maximum absolute atomic E-state index is 12.7. The molecule has 0 bridgehead atoms. The molecule has 32 heavy (non-hydrogen) atoms. The van der Waals surface area contributed by atoms with Crippen LogP contribution in [0.25, 0.3) is 6.08 Å². The molecule has 0 unspecified atom stereocenters. The quantitative estimate of drug-likeness (QED) is 0.368. The SMILES string of the molecule is CCOC(=O)CN1C(=O)S/C(=C/c2cccc(OC)c2OCc2ccc(Cl)cc2Cl)C1=O. The van der Waals surface area contributed by atoms with Crippen molar-refractivity contribution in [1.82, 2.24) is 4.90 Å². The average molecular weight is 496 g/mol. The number of halogens is 2. The summed E-state index contributed by atoms with van der Waals surface area (Å²) in [7, 11) is 1.49. The third-order valence-corrected chi connectivity index (χ3v) is 5.86. The molecule has 2 aromatic rings. The fraction of sp³-hybridized carbons (Fsp3) is 0.227. The van der Waals surface area contributed by atoms with Gasteiger partial charge in [-0.15, -0.1) is 0 Å². The molecular weight excluding hydrogens is 477 g/mol. The van der Waals surface area contributed by atoms with Gasteiger partial charge in [-0.05, 0) is 43.0 Å². The molecule has 0 saturated carbocycles. The molecule has 10 heteroatoms. The number of hydrogen-bond acceptors (Lipinski definition) is 7. The predicted octanol–water partition coefficient (Wildman–Crippen LogP) is 5.18. The van der Waals surface area contributed by atoms with Crippen molar-refractivity contribution >= 4 is 58.2 Å². The Morgan fingerprint density at radius 2 is 1.97 bits per heavy atom. The summed E-state index contributed by atoms with van der Waals surface area (Å²) in [5.74, 6) is -0.420. The summed E-state index contributed by atoms with van der Waals surface area (Å²) in [5, 5.41) is 0.414. The maximum atomic E-state index is 12.7. The van der Waals surface area contributed by atoms with Crippen molar-refractivity contribution in [1.29, 1.82) is 0 Å². The molecule has 1 aliphatic heterocycles. The number of nitrogens with zero attached hydrogens (tertiary/aromatic N) is 1. The Morgan fingerprint density at radius 1 is 1.19 bits per heavy atom. The van der Waals surface area contributed by atoms with Crippen LogP contribution in [0.4, 0.5) is 4.79 Å². The minimum Gasteiger partial charge on any atom is -0.493 e. The van der Waals surface area contributed by atoms with Gasteiger partial charge in [-0.25, -0.2) is 0 Å². The van der Waals surface area contributed by atoms with E-state index in [9.17, 15) is 14.4 Å². The zero-order valence-corrected chi connectivity index (χ0v) is 19.6. The van der Waals surface area contributed by atoms with Gasteiger partial charge >= 0.3 is 5.97 Å². The zero-order chi connectivity index (χ0) is 23.3. The topological polar surface area (TPSA) is 82.1 Å². The van der Waals surface area contributed by atoms with Gasteiger partial charge in [-0.3, -0.25) is 19.3 Å². The summed E-state index contributed by atoms with van der Waals surface area (Å²) >= 11 is 12.9. The van der Waals surface area contributed by atoms with E-state index in [2.05, 4.69) is 0 Å². The average Bonchev–Trinajstić information content (AvgIpc) is 3.01. The fourth-order valence-corrected chi connectivity index (χ4v) is 4.16. The Kier molecular flexibility index (Phi) is 8.06. The fourth-order valence-electron chi connectivity index (χ4n) is 2.86. The summed E-state index contributed by atoms with van der Waals surface area (Å²) in [6.07, 6.45) is 1.53. The largest absolute Gasteiger partial charge is 0.493 e. The van der Waals surface area contributed by atoms with Gasteiger partial charge in [0.25, 0.3) is 11.1 Å². The van der Waals surface area contributed by atoms with Crippen LogP contribution >= 0.6 is 35.0 Å². The minimum atomic E-state index is -0.652. The van der Waals surface area contributed by atoms with Gasteiger partial charge in [0.1, 0.15) is 13.2 Å². The Hall–Kier alpha value is -2.68. The molecule has 0 spiro atoms. The van der Waals surface area contributed by atoms with Gasteiger partial charge in [0, 0.05) is 21.2 Å². The number of carbonyl (C=O) groups excluding carboxylic acids is 3. The van der Waals surface area contributed by atoms with Gasteiger partial charge < -0.3 is 14.2 Å². The second-order valence-electron chi connectivity index (χ2n) is 6.48. The lowest BCUT2D eigenvalue weighted by Gasteiger charge is -2.14. The van der Waals surface area contributed by atoms with Crippen molar-refractivity contribution in [2.75, 3.05) is 20.3 Å². The lowest BCUT2D eigenvalue weighted by atomic mass is 10.1. The van der Waals surface area contributed by atoms with Gasteiger partial charge in [0.15, 0.2) is 11.5 Å². The number of thioether (sulfide) groups is 1. The predicted molar refractivity (Wildman–Crippen MR) is 123 cm³/mol. The summed E-state index contributed by atoms with van der Waals surface area (Å²) < 4.78 is 16.2. The number of rotatable bonds is 8. The van der Waals surface area contributed by atoms with Gasteiger partial charge in [0.05, 0.1) is 18.6 Å². The normalized spacial score (nSPS) is 14.8. The molecule has 0 radical (unpaired) electrons. The number of imide groups is 1. The van der Waals surface area contributed by atoms with Crippen LogP contribution in [0.2, 0.25) is 10.0 Å². The van der Waals surface area contributed by atoms with Crippen molar-refractivity contribution in [2.24, 2.45) is 0 Å². The van der Waals surface area contributed by atoms with E-state index in [0.29, 0.717) is 32.7 Å². The zero-order valence-electron chi connectivity index (χ0n) is 17.2. The van der Waals surface area contributed by atoms with Crippen molar-refractivity contribution in [3.8, 4) is 11.5 Å². The standard InChI is InChI=1S/C22H19Cl2NO6S/c1-3-30-19(26)11-25-21(27)18(32-22(25)28)9-13-5-4-6-17(29-2)20(13)31-12-14-7-8-15(23)10-16(14)24/h4-10H,3,11-12H2,1-2H3/b18-9+. The van der Waals surface area contributed by atoms with Gasteiger partial charge in [0.2, 0.25) is 0 Å². The van der Waals surface area contributed by atoms with Crippen LogP contribution in [0.1, 0.15) is 18.1 Å². The molecule has 0 atom stereocenters. The van der Waals surface area contributed by atoms with Gasteiger partial charge in [-0.2, -0.15) is 0 Å². The number of amides is 2. The molecule has 0 aliphatic carbocycles. The first-order valence-electron chi connectivity index (χ1n) is 9.48. The maximum Gasteiger partial charge on any atom is 0.326 e. The molecule has 1 heterocycles. The molecular formula is C22H19Cl2NO6S. The van der Waals surface area contributed by atoms with E-state index in [1.165, 1.54) is 13.2 Å². The number of hydrogen-bond donors (Lipinski definition) is 0. The molecule has 0 aromatic heterocycles. The molecule has 2 aromatic carbocycles. The van der Waals surface area contributed by atoms with Crippen LogP contribution in [-0.2, 0) is 20.9 Å². The molecule has 2 amide bonds. The van der Waals surface area contributed by atoms with Crippen molar-refractivity contribution in [2.45, 2.75) is 13.5 Å². The molecule has 1 aliphatic rings. The summed E-state index contributed by atoms with van der Waals surface area (Å²) in [6, 6.07) is 10.2. The molecule has 1 saturated heterocycles. The van der Waals surface area contributed by atoms with Crippen LogP contribution in [0.15, 0.2) is 41.3 Å². The van der Waals surface area contributed by atoms with Crippen LogP contribution in [-0.4, -0.2) is 42.3 Å². The van der Waals surface area contributed by atoms with Crippen LogP contribution in [0, 0.1) is 0 Å². The Labute approximate surface area is 199 Å². The molecule has 7 nitrogen and oxygen atoms in total. The van der Waals surface area contributed by atoms with Crippen molar-refractivity contribution in [3.63, 3.8) is 0 Å². The van der Waals surface area contributed by atoms with E-state index < -0.39 is 23.7 Å². The Bertz CT molecular complexity index is 1090. The highest BCUT2D eigenvalue weighted by atomic mass is 35.5. The first kappa shape index (κ1) is 24.0. The van der Waals surface area contributed by atoms with E-state index in [1.807, 2.05) is 0 Å². The highest BCUT2D eigenvalue weighted by Gasteiger charge is 2.36. The number of para-hydroxylation sites is 1. The highest BCUT2D eigenvalue weighted by Crippen LogP contribution is 2.38. The van der Waals surface area contributed by atoms with E-state index in [0.717, 1.165) is 16.7 Å². The van der Waals surface area contributed by atoms with E-state index in [4.69, 9.17) is 37.4 Å². The summed E-state index contributed by atoms with van der Waals surface area (Å²) in [6.45, 7) is 1.49. The molecule has 3 rings (SSSR count). The Balaban J connectivity index is 1.86. The third kappa shape index (κ3) is 5.56. The lowest BCUT2D eigenvalue weighted by molar-refractivity contribution is -0.145. The molecule has 0 N–H and O–H groups in total. The third-order valence-electron chi connectivity index (χ3n) is 4.37. The number of methoxy groups -OCH3 is 1. The van der Waals surface area contributed by atoms with Crippen LogP contribution in [0.5, 0.6) is 11.5 Å². The minimum absolute atomic E-state index is 0.127. The van der Waals surface area contributed by atoms with E-state index >= 15 is 0 Å². The van der Waals surface area contributed by atoms with Crippen molar-refractivity contribution in [3.05, 3.63) is 62.5 Å². The van der Waals surface area contributed by atoms with E-state index in [1.54, 1.807) is 43.3 Å². The second kappa shape index (κ2) is 10.8. The van der Waals surface area contributed by atoms with Crippen molar-refractivity contribution < 1.29 is 28.6 Å². The highest BCUT2D eigenvalue weighted by molar-refractivity contribution is 8.18. The molecule has 1 fully saturated rings. The number of carbonyl (C=O) groups is 3. The molecule has 168 valence electrons. The second-order valence-corrected chi connectivity index (χ2v) is 8.31. The lowest BCUT2D eigenvalue weighted by Crippen LogP contribution is -2.34. The number of ether oxygens (including phenoxy) is 3. The monoisotopic (exact) mass is 495 g/mol. The number of esters is 1.